The van der Waals surface area contributed by atoms with E-state index in [2.05, 4.69) is 0 Å². The second-order valence-electron chi connectivity index (χ2n) is 5.18. The molecule has 0 aliphatic heterocycles. The third-order valence-corrected chi connectivity index (χ3v) is 5.06. The van der Waals surface area contributed by atoms with E-state index in [1.165, 1.54) is 18.9 Å². The molecule has 0 spiro atoms. The van der Waals surface area contributed by atoms with Gasteiger partial charge in [-0.1, -0.05) is 48.9 Å². The highest BCUT2D eigenvalue weighted by atomic mass is 35.5. The maximum absolute atomic E-state index is 12.2. The molecule has 0 aliphatic carbocycles. The molecule has 0 radical (unpaired) electrons. The maximum Gasteiger partial charge on any atom is 0.312 e. The van der Waals surface area contributed by atoms with E-state index in [-0.39, 0.29) is 5.25 Å². The first-order chi connectivity index (χ1) is 11.0. The van der Waals surface area contributed by atoms with Gasteiger partial charge in [0.15, 0.2) is 0 Å². The topological polar surface area (TPSA) is 46.5 Å². The summed E-state index contributed by atoms with van der Waals surface area (Å²) >= 11 is 7.41. The van der Waals surface area contributed by atoms with Crippen molar-refractivity contribution in [3.63, 3.8) is 0 Å². The van der Waals surface area contributed by atoms with Crippen LogP contribution in [0.15, 0.2) is 59.5 Å². The summed E-state index contributed by atoms with van der Waals surface area (Å²) in [4.78, 5) is 13.2. The Kier molecular flexibility index (Phi) is 6.51. The Morgan fingerprint density at radius 1 is 1.13 bits per heavy atom. The Morgan fingerprint density at radius 2 is 1.74 bits per heavy atom. The van der Waals surface area contributed by atoms with Crippen molar-refractivity contribution in [2.75, 3.05) is 7.11 Å². The maximum atomic E-state index is 12.2. The molecule has 0 heterocycles. The van der Waals surface area contributed by atoms with Gasteiger partial charge in [-0.15, -0.1) is 11.8 Å². The van der Waals surface area contributed by atoms with Gasteiger partial charge in [-0.05, 0) is 29.8 Å². The Balaban J connectivity index is 2.22. The highest BCUT2D eigenvalue weighted by Crippen LogP contribution is 2.35. The van der Waals surface area contributed by atoms with Crippen LogP contribution in [0.1, 0.15) is 18.6 Å². The van der Waals surface area contributed by atoms with Crippen LogP contribution in [0.5, 0.6) is 0 Å². The largest absolute Gasteiger partial charge is 0.469 e. The lowest BCUT2D eigenvalue weighted by Crippen LogP contribution is -2.31. The lowest BCUT2D eigenvalue weighted by molar-refractivity contribution is -0.149. The minimum Gasteiger partial charge on any atom is -0.469 e. The molecule has 0 aromatic heterocycles. The monoisotopic (exact) mass is 350 g/mol. The normalized spacial score (nSPS) is 14.8. The van der Waals surface area contributed by atoms with E-state index in [9.17, 15) is 9.90 Å². The molecule has 2 aromatic rings. The zero-order chi connectivity index (χ0) is 16.8. The highest BCUT2D eigenvalue weighted by Gasteiger charge is 2.34. The number of aliphatic hydroxyl groups is 1. The first kappa shape index (κ1) is 17.9. The van der Waals surface area contributed by atoms with E-state index in [0.29, 0.717) is 10.6 Å². The Hall–Kier alpha value is -1.49. The molecule has 2 aromatic carbocycles. The van der Waals surface area contributed by atoms with E-state index in [1.807, 2.05) is 37.3 Å². The number of methoxy groups -OCH3 is 1. The van der Waals surface area contributed by atoms with Crippen LogP contribution in [-0.4, -0.2) is 23.4 Å². The highest BCUT2D eigenvalue weighted by molar-refractivity contribution is 8.00. The zero-order valence-corrected chi connectivity index (χ0v) is 14.6. The zero-order valence-electron chi connectivity index (χ0n) is 13.0. The molecular weight excluding hydrogens is 332 g/mol. The first-order valence-electron chi connectivity index (χ1n) is 7.26. The predicted molar refractivity (Wildman–Crippen MR) is 93.7 cm³/mol. The molecule has 0 saturated heterocycles. The lowest BCUT2D eigenvalue weighted by Gasteiger charge is -2.26. The Morgan fingerprint density at radius 3 is 2.30 bits per heavy atom. The molecule has 1 unspecified atom stereocenters. The average Bonchev–Trinajstić information content (AvgIpc) is 2.56. The van der Waals surface area contributed by atoms with Gasteiger partial charge in [0, 0.05) is 15.2 Å². The van der Waals surface area contributed by atoms with Crippen molar-refractivity contribution in [1.29, 1.82) is 0 Å². The van der Waals surface area contributed by atoms with Crippen LogP contribution < -0.4 is 0 Å². The molecule has 1 N–H and O–H groups in total. The standard InChI is InChI=1S/C18H19ClO3S/c1-12(23-15-6-4-3-5-7-15)16(18(21)22-2)17(20)13-8-10-14(19)11-9-13/h3-12,16-17,20H,1-2H3/t12-,16+,17?/m0/s1. The fourth-order valence-corrected chi connectivity index (χ4v) is 3.64. The van der Waals surface area contributed by atoms with Crippen LogP contribution in [0.25, 0.3) is 0 Å². The first-order valence-corrected chi connectivity index (χ1v) is 8.51. The molecule has 0 fully saturated rings. The number of hydrogen-bond acceptors (Lipinski definition) is 4. The molecule has 2 rings (SSSR count). The Labute approximate surface area is 145 Å². The molecule has 0 aliphatic rings. The van der Waals surface area contributed by atoms with E-state index in [4.69, 9.17) is 16.3 Å². The molecule has 5 heteroatoms. The molecule has 3 nitrogen and oxygen atoms in total. The number of hydrogen-bond donors (Lipinski definition) is 1. The second kappa shape index (κ2) is 8.39. The quantitative estimate of drug-likeness (QED) is 0.621. The van der Waals surface area contributed by atoms with Gasteiger partial charge < -0.3 is 9.84 Å². The van der Waals surface area contributed by atoms with E-state index < -0.39 is 18.0 Å². The van der Waals surface area contributed by atoms with Crippen molar-refractivity contribution in [2.24, 2.45) is 5.92 Å². The van der Waals surface area contributed by atoms with Crippen LogP contribution in [0.3, 0.4) is 0 Å². The number of halogens is 1. The van der Waals surface area contributed by atoms with Gasteiger partial charge in [0.2, 0.25) is 0 Å². The summed E-state index contributed by atoms with van der Waals surface area (Å²) in [6.45, 7) is 1.92. The van der Waals surface area contributed by atoms with Gasteiger partial charge >= 0.3 is 5.97 Å². The molecule has 3 atom stereocenters. The number of carbonyl (C=O) groups is 1. The summed E-state index contributed by atoms with van der Waals surface area (Å²) in [5, 5.41) is 11.1. The van der Waals surface area contributed by atoms with Crippen molar-refractivity contribution >= 4 is 29.3 Å². The summed E-state index contributed by atoms with van der Waals surface area (Å²) in [6.07, 6.45) is -0.953. The summed E-state index contributed by atoms with van der Waals surface area (Å²) < 4.78 is 4.90. The van der Waals surface area contributed by atoms with Crippen molar-refractivity contribution in [3.8, 4) is 0 Å². The van der Waals surface area contributed by atoms with Gasteiger partial charge in [-0.3, -0.25) is 4.79 Å². The summed E-state index contributed by atoms with van der Waals surface area (Å²) in [7, 11) is 1.34. The fourth-order valence-electron chi connectivity index (χ4n) is 2.37. The van der Waals surface area contributed by atoms with Gasteiger partial charge in [0.05, 0.1) is 19.1 Å². The number of benzene rings is 2. The van der Waals surface area contributed by atoms with Gasteiger partial charge in [0.25, 0.3) is 0 Å². The molecule has 0 saturated carbocycles. The van der Waals surface area contributed by atoms with Crippen LogP contribution in [0.2, 0.25) is 5.02 Å². The van der Waals surface area contributed by atoms with Crippen molar-refractivity contribution in [2.45, 2.75) is 23.2 Å². The van der Waals surface area contributed by atoms with Crippen molar-refractivity contribution < 1.29 is 14.6 Å². The molecule has 0 bridgehead atoms. The molecule has 23 heavy (non-hydrogen) atoms. The average molecular weight is 351 g/mol. The smallest absolute Gasteiger partial charge is 0.312 e. The van der Waals surface area contributed by atoms with E-state index in [0.717, 1.165) is 4.90 Å². The van der Waals surface area contributed by atoms with E-state index >= 15 is 0 Å². The number of ether oxygens (including phenoxy) is 1. The number of thioether (sulfide) groups is 1. The van der Waals surface area contributed by atoms with Crippen molar-refractivity contribution in [1.82, 2.24) is 0 Å². The summed E-state index contributed by atoms with van der Waals surface area (Å²) in [6, 6.07) is 16.6. The molecule has 0 amide bonds. The third kappa shape index (κ3) is 4.74. The Bertz CT molecular complexity index is 630. The lowest BCUT2D eigenvalue weighted by atomic mass is 9.93. The van der Waals surface area contributed by atoms with Crippen LogP contribution in [0.4, 0.5) is 0 Å². The number of rotatable bonds is 6. The van der Waals surface area contributed by atoms with Crippen LogP contribution in [0, 0.1) is 5.92 Å². The van der Waals surface area contributed by atoms with Crippen LogP contribution in [-0.2, 0) is 9.53 Å². The molecular formula is C18H19ClO3S. The minimum atomic E-state index is -0.953. The van der Waals surface area contributed by atoms with Crippen LogP contribution >= 0.6 is 23.4 Å². The SMILES string of the molecule is COC(=O)[C@@H](C(O)c1ccc(Cl)cc1)[C@H](C)Sc1ccccc1. The van der Waals surface area contributed by atoms with Gasteiger partial charge in [-0.25, -0.2) is 0 Å². The van der Waals surface area contributed by atoms with E-state index in [1.54, 1.807) is 24.3 Å². The van der Waals surface area contributed by atoms with Gasteiger partial charge in [-0.2, -0.15) is 0 Å². The summed E-state index contributed by atoms with van der Waals surface area (Å²) in [5.74, 6) is -1.10. The number of aliphatic hydroxyl groups excluding tert-OH is 1. The van der Waals surface area contributed by atoms with Crippen molar-refractivity contribution in [3.05, 3.63) is 65.2 Å². The predicted octanol–water partition coefficient (Wildman–Crippen LogP) is 4.34. The third-order valence-electron chi connectivity index (χ3n) is 3.60. The second-order valence-corrected chi connectivity index (χ2v) is 7.07. The number of carbonyl (C=O) groups excluding carboxylic acids is 1. The fraction of sp³-hybridized carbons (Fsp3) is 0.278. The molecule has 122 valence electrons. The van der Waals surface area contributed by atoms with Gasteiger partial charge in [0.1, 0.15) is 0 Å². The number of esters is 1. The minimum absolute atomic E-state index is 0.157. The summed E-state index contributed by atoms with van der Waals surface area (Å²) in [5.41, 5.74) is 0.644.